The number of amides is 1. The van der Waals surface area contributed by atoms with Crippen LogP contribution in [-0.4, -0.2) is 85.9 Å². The summed E-state index contributed by atoms with van der Waals surface area (Å²) in [7, 11) is 5.89. The molecule has 6 nitrogen and oxygen atoms in total. The second-order valence-corrected chi connectivity index (χ2v) is 5.45. The lowest BCUT2D eigenvalue weighted by Crippen LogP contribution is -2.49. The van der Waals surface area contributed by atoms with E-state index in [0.29, 0.717) is 19.6 Å². The predicted octanol–water partition coefficient (Wildman–Crippen LogP) is -0.438. The second kappa shape index (κ2) is 6.19. The molecule has 2 aliphatic rings. The molecule has 6 heteroatoms. The molecule has 110 valence electrons. The highest BCUT2D eigenvalue weighted by molar-refractivity contribution is 5.88. The summed E-state index contributed by atoms with van der Waals surface area (Å²) < 4.78 is 0. The molecule has 0 spiro atoms. The van der Waals surface area contributed by atoms with Gasteiger partial charge in [0, 0.05) is 38.3 Å². The van der Waals surface area contributed by atoms with Gasteiger partial charge in [-0.3, -0.25) is 9.59 Å². The fourth-order valence-corrected chi connectivity index (χ4v) is 2.52. The van der Waals surface area contributed by atoms with E-state index in [1.807, 2.05) is 37.1 Å². The Morgan fingerprint density at radius 3 is 2.70 bits per heavy atom. The minimum atomic E-state index is 0.0128. The van der Waals surface area contributed by atoms with Crippen molar-refractivity contribution in [1.29, 1.82) is 0 Å². The van der Waals surface area contributed by atoms with E-state index in [0.717, 1.165) is 30.6 Å². The van der Waals surface area contributed by atoms with Crippen molar-refractivity contribution < 1.29 is 9.59 Å². The normalized spacial score (nSPS) is 20.2. The van der Waals surface area contributed by atoms with Crippen LogP contribution in [0.15, 0.2) is 23.4 Å². The van der Waals surface area contributed by atoms with Crippen molar-refractivity contribution in [3.8, 4) is 0 Å². The second-order valence-electron chi connectivity index (χ2n) is 5.45. The van der Waals surface area contributed by atoms with Gasteiger partial charge in [0.2, 0.25) is 5.91 Å². The van der Waals surface area contributed by atoms with Gasteiger partial charge in [0.25, 0.3) is 0 Å². The summed E-state index contributed by atoms with van der Waals surface area (Å²) in [4.78, 5) is 27.0. The van der Waals surface area contributed by atoms with Gasteiger partial charge in [-0.15, -0.1) is 0 Å². The first-order chi connectivity index (χ1) is 9.52. The van der Waals surface area contributed by atoms with Crippen molar-refractivity contribution in [2.45, 2.75) is 0 Å². The van der Waals surface area contributed by atoms with Crippen LogP contribution in [0.5, 0.6) is 0 Å². The molecule has 2 aliphatic heterocycles. The number of nitrogens with zero attached hydrogens (tertiary/aromatic N) is 4. The Morgan fingerprint density at radius 2 is 2.05 bits per heavy atom. The van der Waals surface area contributed by atoms with Crippen molar-refractivity contribution in [3.05, 3.63) is 23.4 Å². The van der Waals surface area contributed by atoms with Gasteiger partial charge in [-0.25, -0.2) is 5.01 Å². The molecule has 2 rings (SSSR count). The number of carbonyl (C=O) groups excluding carboxylic acids is 2. The molecule has 0 aromatic heterocycles. The number of fused-ring (bicyclic) bond motifs is 1. The number of likely N-dealkylation sites (N-methyl/N-ethyl adjacent to an activating group) is 2. The first-order valence-electron chi connectivity index (χ1n) is 6.79. The van der Waals surface area contributed by atoms with Crippen LogP contribution in [0, 0.1) is 0 Å². The average molecular weight is 278 g/mol. The Labute approximate surface area is 119 Å². The molecule has 0 atom stereocenters. The Bertz CT molecular complexity index is 456. The van der Waals surface area contributed by atoms with Crippen molar-refractivity contribution in [1.82, 2.24) is 19.8 Å². The molecule has 0 aromatic carbocycles. The topological polar surface area (TPSA) is 47.1 Å². The molecule has 0 unspecified atom stereocenters. The number of hydrogen-bond donors (Lipinski definition) is 0. The maximum atomic E-state index is 12.1. The van der Waals surface area contributed by atoms with E-state index in [-0.39, 0.29) is 5.91 Å². The lowest BCUT2D eigenvalue weighted by Gasteiger charge is -2.38. The van der Waals surface area contributed by atoms with E-state index >= 15 is 0 Å². The highest BCUT2D eigenvalue weighted by atomic mass is 16.2. The number of carbonyl (C=O) groups is 2. The van der Waals surface area contributed by atoms with Gasteiger partial charge in [0.05, 0.1) is 18.8 Å². The van der Waals surface area contributed by atoms with Crippen molar-refractivity contribution in [2.24, 2.45) is 0 Å². The summed E-state index contributed by atoms with van der Waals surface area (Å²) in [6.45, 7) is 3.33. The minimum absolute atomic E-state index is 0.0128. The van der Waals surface area contributed by atoms with Gasteiger partial charge < -0.3 is 14.8 Å². The maximum Gasteiger partial charge on any atom is 0.246 e. The van der Waals surface area contributed by atoms with E-state index in [2.05, 4.69) is 5.01 Å². The maximum absolute atomic E-state index is 12.1. The zero-order valence-corrected chi connectivity index (χ0v) is 12.4. The Morgan fingerprint density at radius 1 is 1.30 bits per heavy atom. The fourth-order valence-electron chi connectivity index (χ4n) is 2.52. The molecule has 1 fully saturated rings. The van der Waals surface area contributed by atoms with Gasteiger partial charge in [-0.05, 0) is 14.1 Å². The molecule has 0 saturated carbocycles. The minimum Gasteiger partial charge on any atom is -0.331 e. The molecule has 0 aromatic rings. The largest absolute Gasteiger partial charge is 0.331 e. The molecular weight excluding hydrogens is 256 g/mol. The molecule has 1 amide bonds. The van der Waals surface area contributed by atoms with Crippen LogP contribution in [-0.2, 0) is 9.59 Å². The van der Waals surface area contributed by atoms with Crippen molar-refractivity contribution in [2.75, 3.05) is 53.9 Å². The summed E-state index contributed by atoms with van der Waals surface area (Å²) in [6.07, 6.45) is 4.39. The highest BCUT2D eigenvalue weighted by Crippen LogP contribution is 2.24. The van der Waals surface area contributed by atoms with Crippen LogP contribution >= 0.6 is 0 Å². The van der Waals surface area contributed by atoms with Gasteiger partial charge in [-0.1, -0.05) is 6.08 Å². The zero-order valence-electron chi connectivity index (χ0n) is 12.4. The SMILES string of the molecule is CN(C)C/C=C/C(=O)N1CCN2C(=C(C=O)CN2C)C1. The van der Waals surface area contributed by atoms with Gasteiger partial charge in [-0.2, -0.15) is 0 Å². The number of hydrogen-bond acceptors (Lipinski definition) is 5. The average Bonchev–Trinajstić information content (AvgIpc) is 2.74. The number of aldehydes is 1. The summed E-state index contributed by atoms with van der Waals surface area (Å²) in [5, 5.41) is 4.12. The summed E-state index contributed by atoms with van der Waals surface area (Å²) in [6, 6.07) is 0. The molecule has 2 heterocycles. The Hall–Kier alpha value is -1.66. The van der Waals surface area contributed by atoms with Gasteiger partial charge in [0.1, 0.15) is 6.29 Å². The molecule has 0 radical (unpaired) electrons. The third kappa shape index (κ3) is 3.08. The van der Waals surface area contributed by atoms with E-state index in [1.165, 1.54) is 0 Å². The van der Waals surface area contributed by atoms with Gasteiger partial charge >= 0.3 is 0 Å². The van der Waals surface area contributed by atoms with Crippen LogP contribution in [0.3, 0.4) is 0 Å². The molecule has 0 aliphatic carbocycles. The summed E-state index contributed by atoms with van der Waals surface area (Å²) in [5.74, 6) is 0.0128. The molecule has 20 heavy (non-hydrogen) atoms. The monoisotopic (exact) mass is 278 g/mol. The lowest BCUT2D eigenvalue weighted by atomic mass is 10.2. The van der Waals surface area contributed by atoms with Crippen LogP contribution in [0.1, 0.15) is 0 Å². The molecular formula is C14H22N4O2. The third-order valence-corrected chi connectivity index (χ3v) is 3.60. The number of piperazine rings is 1. The highest BCUT2D eigenvalue weighted by Gasteiger charge is 2.32. The van der Waals surface area contributed by atoms with E-state index in [4.69, 9.17) is 0 Å². The Kier molecular flexibility index (Phi) is 4.57. The Balaban J connectivity index is 2.01. The summed E-state index contributed by atoms with van der Waals surface area (Å²) >= 11 is 0. The van der Waals surface area contributed by atoms with Crippen molar-refractivity contribution in [3.63, 3.8) is 0 Å². The molecule has 1 saturated heterocycles. The van der Waals surface area contributed by atoms with Crippen molar-refractivity contribution >= 4 is 12.2 Å². The fraction of sp³-hybridized carbons (Fsp3) is 0.571. The predicted molar refractivity (Wildman–Crippen MR) is 76.7 cm³/mol. The zero-order chi connectivity index (χ0) is 14.7. The molecule has 0 bridgehead atoms. The molecule has 0 N–H and O–H groups in total. The smallest absolute Gasteiger partial charge is 0.246 e. The van der Waals surface area contributed by atoms with Crippen LogP contribution in [0.4, 0.5) is 0 Å². The number of rotatable bonds is 4. The standard InChI is InChI=1S/C14H22N4O2/c1-15(2)6-4-5-14(20)17-7-8-18-13(10-17)12(11-19)9-16(18)3/h4-5,11H,6-10H2,1-3H3/b5-4+. The van der Waals surface area contributed by atoms with E-state index < -0.39 is 0 Å². The first kappa shape index (κ1) is 14.7. The van der Waals surface area contributed by atoms with Crippen LogP contribution < -0.4 is 0 Å². The van der Waals surface area contributed by atoms with Crippen LogP contribution in [0.25, 0.3) is 0 Å². The van der Waals surface area contributed by atoms with Gasteiger partial charge in [0.15, 0.2) is 0 Å². The quantitative estimate of drug-likeness (QED) is 0.515. The number of hydrazine groups is 1. The lowest BCUT2D eigenvalue weighted by molar-refractivity contribution is -0.128. The first-order valence-corrected chi connectivity index (χ1v) is 6.79. The van der Waals surface area contributed by atoms with E-state index in [9.17, 15) is 9.59 Å². The third-order valence-electron chi connectivity index (χ3n) is 3.60. The van der Waals surface area contributed by atoms with Crippen LogP contribution in [0.2, 0.25) is 0 Å². The summed E-state index contributed by atoms with van der Waals surface area (Å²) in [5.41, 5.74) is 1.74. The van der Waals surface area contributed by atoms with E-state index in [1.54, 1.807) is 11.0 Å².